The summed E-state index contributed by atoms with van der Waals surface area (Å²) in [6, 6.07) is 7.59. The first kappa shape index (κ1) is 11.3. The summed E-state index contributed by atoms with van der Waals surface area (Å²) in [7, 11) is 0. The highest BCUT2D eigenvalue weighted by atomic mass is 16.7. The van der Waals surface area contributed by atoms with Crippen LogP contribution in [0.5, 0.6) is 11.5 Å². The highest BCUT2D eigenvalue weighted by molar-refractivity contribution is 5.91. The molecule has 5 heteroatoms. The molecule has 96 valence electrons. The molecular formula is C13H16N2O3. The van der Waals surface area contributed by atoms with Gasteiger partial charge in [-0.15, -0.1) is 0 Å². The molecule has 5 nitrogen and oxygen atoms in total. The van der Waals surface area contributed by atoms with Gasteiger partial charge in [0.15, 0.2) is 23.9 Å². The number of aliphatic imine (C=N–C) groups is 1. The summed E-state index contributed by atoms with van der Waals surface area (Å²) in [5.74, 6) is 1.22. The van der Waals surface area contributed by atoms with Crippen LogP contribution in [0, 0.1) is 0 Å². The van der Waals surface area contributed by atoms with E-state index in [-0.39, 0.29) is 0 Å². The van der Waals surface area contributed by atoms with Gasteiger partial charge < -0.3 is 19.5 Å². The van der Waals surface area contributed by atoms with Crippen LogP contribution in [-0.4, -0.2) is 37.9 Å². The molecule has 18 heavy (non-hydrogen) atoms. The fraction of sp³-hybridized carbons (Fsp3) is 0.462. The van der Waals surface area contributed by atoms with Crippen LogP contribution in [0.15, 0.2) is 29.3 Å². The maximum Gasteiger partial charge on any atom is 0.304 e. The molecule has 2 heterocycles. The first-order valence-corrected chi connectivity index (χ1v) is 6.18. The van der Waals surface area contributed by atoms with Crippen molar-refractivity contribution in [3.8, 4) is 11.5 Å². The smallest absolute Gasteiger partial charge is 0.304 e. The van der Waals surface area contributed by atoms with E-state index in [0.717, 1.165) is 24.7 Å². The summed E-state index contributed by atoms with van der Waals surface area (Å²) in [6.45, 7) is 4.33. The van der Waals surface area contributed by atoms with Gasteiger partial charge in [0, 0.05) is 13.2 Å². The van der Waals surface area contributed by atoms with E-state index in [1.165, 1.54) is 0 Å². The van der Waals surface area contributed by atoms with Crippen LogP contribution < -0.4 is 14.8 Å². The number of benzene rings is 1. The fourth-order valence-corrected chi connectivity index (χ4v) is 2.18. The lowest BCUT2D eigenvalue weighted by molar-refractivity contribution is -0.161. The third kappa shape index (κ3) is 1.80. The summed E-state index contributed by atoms with van der Waals surface area (Å²) in [6.07, 6.45) is 0. The number of nitrogens with zero attached hydrogens (tertiary/aromatic N) is 1. The van der Waals surface area contributed by atoms with E-state index >= 15 is 0 Å². The molecule has 0 aromatic heterocycles. The Morgan fingerprint density at radius 3 is 2.94 bits per heavy atom. The number of para-hydroxylation sites is 2. The van der Waals surface area contributed by atoms with Crippen molar-refractivity contribution >= 4 is 5.84 Å². The van der Waals surface area contributed by atoms with Crippen molar-refractivity contribution < 1.29 is 14.2 Å². The molecule has 3 rings (SSSR count). The zero-order valence-electron chi connectivity index (χ0n) is 10.3. The molecule has 2 aliphatic rings. The summed E-state index contributed by atoms with van der Waals surface area (Å²) in [5, 5.41) is 3.20. The predicted molar refractivity (Wildman–Crippen MR) is 67.2 cm³/mol. The van der Waals surface area contributed by atoms with Crippen LogP contribution >= 0.6 is 0 Å². The van der Waals surface area contributed by atoms with Crippen LogP contribution in [0.4, 0.5) is 0 Å². The number of nitrogens with one attached hydrogen (secondary N) is 1. The molecule has 0 fully saturated rings. The zero-order chi connectivity index (χ0) is 12.4. The minimum absolute atomic E-state index is 0.309. The maximum atomic E-state index is 6.00. The van der Waals surface area contributed by atoms with Crippen molar-refractivity contribution in [3.63, 3.8) is 0 Å². The summed E-state index contributed by atoms with van der Waals surface area (Å²) in [4.78, 5) is 4.40. The lowest BCUT2D eigenvalue weighted by Crippen LogP contribution is -2.57. The summed E-state index contributed by atoms with van der Waals surface area (Å²) in [5.41, 5.74) is 0. The Balaban J connectivity index is 1.93. The van der Waals surface area contributed by atoms with Gasteiger partial charge in [0.1, 0.15) is 0 Å². The molecule has 2 aliphatic heterocycles. The lowest BCUT2D eigenvalue weighted by Gasteiger charge is -2.37. The second-order valence-electron chi connectivity index (χ2n) is 4.18. The van der Waals surface area contributed by atoms with Crippen molar-refractivity contribution in [2.24, 2.45) is 4.99 Å². The molecule has 0 saturated carbocycles. The van der Waals surface area contributed by atoms with E-state index in [1.54, 1.807) is 0 Å². The molecule has 0 amide bonds. The Morgan fingerprint density at radius 1 is 1.39 bits per heavy atom. The maximum absolute atomic E-state index is 6.00. The number of fused-ring (bicyclic) bond motifs is 1. The molecule has 0 unspecified atom stereocenters. The third-order valence-corrected chi connectivity index (χ3v) is 2.95. The van der Waals surface area contributed by atoms with E-state index in [9.17, 15) is 0 Å². The summed E-state index contributed by atoms with van der Waals surface area (Å²) >= 11 is 0. The number of hydrogen-bond acceptors (Lipinski definition) is 5. The number of amidine groups is 1. The molecule has 0 spiro atoms. The highest BCUT2D eigenvalue weighted by Crippen LogP contribution is 2.36. The van der Waals surface area contributed by atoms with Gasteiger partial charge in [-0.05, 0) is 19.1 Å². The topological polar surface area (TPSA) is 52.1 Å². The zero-order valence-corrected chi connectivity index (χ0v) is 10.3. The van der Waals surface area contributed by atoms with Crippen LogP contribution in [0.3, 0.4) is 0 Å². The molecule has 1 aromatic carbocycles. The van der Waals surface area contributed by atoms with Gasteiger partial charge >= 0.3 is 5.79 Å². The Bertz CT molecular complexity index is 475. The van der Waals surface area contributed by atoms with Crippen molar-refractivity contribution in [1.29, 1.82) is 0 Å². The van der Waals surface area contributed by atoms with E-state index in [4.69, 9.17) is 14.2 Å². The predicted octanol–water partition coefficient (Wildman–Crippen LogP) is 1.19. The molecule has 0 bridgehead atoms. The van der Waals surface area contributed by atoms with E-state index in [1.807, 2.05) is 31.2 Å². The van der Waals surface area contributed by atoms with Gasteiger partial charge in [0.05, 0.1) is 6.54 Å². The largest absolute Gasteiger partial charge is 0.482 e. The van der Waals surface area contributed by atoms with E-state index in [0.29, 0.717) is 19.0 Å². The van der Waals surface area contributed by atoms with Gasteiger partial charge in [0.25, 0.3) is 0 Å². The average Bonchev–Trinajstić information content (AvgIpc) is 2.93. The van der Waals surface area contributed by atoms with E-state index < -0.39 is 5.79 Å². The van der Waals surface area contributed by atoms with Crippen molar-refractivity contribution in [1.82, 2.24) is 5.32 Å². The minimum Gasteiger partial charge on any atom is -0.482 e. The number of ether oxygens (including phenoxy) is 3. The molecule has 0 radical (unpaired) electrons. The minimum atomic E-state index is -0.931. The van der Waals surface area contributed by atoms with Crippen LogP contribution in [-0.2, 0) is 4.74 Å². The Labute approximate surface area is 106 Å². The van der Waals surface area contributed by atoms with Gasteiger partial charge in [-0.1, -0.05) is 12.1 Å². The Hall–Kier alpha value is -1.75. The SMILES string of the molecule is CCO[C@@]1(C2=NCCN2)COc2ccccc2O1. The standard InChI is InChI=1S/C13H16N2O3/c1-2-17-13(12-14-7-8-15-12)9-16-10-5-3-4-6-11(10)18-13/h3-6H,2,7-9H2,1H3,(H,14,15)/t13-/m0/s1. The highest BCUT2D eigenvalue weighted by Gasteiger charge is 2.45. The third-order valence-electron chi connectivity index (χ3n) is 2.95. The average molecular weight is 248 g/mol. The Kier molecular flexibility index (Phi) is 2.83. The van der Waals surface area contributed by atoms with Crippen LogP contribution in [0.25, 0.3) is 0 Å². The van der Waals surface area contributed by atoms with Crippen molar-refractivity contribution in [2.75, 3.05) is 26.3 Å². The first-order valence-electron chi connectivity index (χ1n) is 6.18. The molecule has 1 atom stereocenters. The fourth-order valence-electron chi connectivity index (χ4n) is 2.18. The van der Waals surface area contributed by atoms with Gasteiger partial charge in [-0.3, -0.25) is 4.99 Å². The molecular weight excluding hydrogens is 232 g/mol. The molecule has 0 aliphatic carbocycles. The van der Waals surface area contributed by atoms with Gasteiger partial charge in [-0.25, -0.2) is 0 Å². The number of hydrogen-bond donors (Lipinski definition) is 1. The molecule has 1 aromatic rings. The van der Waals surface area contributed by atoms with Crippen LogP contribution in [0.1, 0.15) is 6.92 Å². The second-order valence-corrected chi connectivity index (χ2v) is 4.18. The van der Waals surface area contributed by atoms with E-state index in [2.05, 4.69) is 10.3 Å². The van der Waals surface area contributed by atoms with Crippen molar-refractivity contribution in [3.05, 3.63) is 24.3 Å². The van der Waals surface area contributed by atoms with Gasteiger partial charge in [-0.2, -0.15) is 0 Å². The first-order chi connectivity index (χ1) is 8.84. The monoisotopic (exact) mass is 248 g/mol. The second kappa shape index (κ2) is 4.49. The quantitative estimate of drug-likeness (QED) is 0.873. The normalized spacial score (nSPS) is 25.5. The van der Waals surface area contributed by atoms with Gasteiger partial charge in [0.2, 0.25) is 0 Å². The Morgan fingerprint density at radius 2 is 2.22 bits per heavy atom. The lowest BCUT2D eigenvalue weighted by atomic mass is 10.2. The molecule has 0 saturated heterocycles. The van der Waals surface area contributed by atoms with Crippen LogP contribution in [0.2, 0.25) is 0 Å². The summed E-state index contributed by atoms with van der Waals surface area (Å²) < 4.78 is 17.5. The number of rotatable bonds is 3. The van der Waals surface area contributed by atoms with Crippen molar-refractivity contribution in [2.45, 2.75) is 12.7 Å². The molecule has 1 N–H and O–H groups in total.